The van der Waals surface area contributed by atoms with E-state index in [1.165, 1.54) is 0 Å². The van der Waals surface area contributed by atoms with Gasteiger partial charge in [0.05, 0.1) is 5.69 Å². The Hall–Kier alpha value is -3.17. The average Bonchev–Trinajstić information content (AvgIpc) is 3.59. The van der Waals surface area contributed by atoms with E-state index in [-0.39, 0.29) is 23.9 Å². The lowest BCUT2D eigenvalue weighted by Crippen LogP contribution is -2.48. The maximum Gasteiger partial charge on any atom is 0.243 e. The maximum atomic E-state index is 13.2. The van der Waals surface area contributed by atoms with Crippen molar-refractivity contribution in [3.63, 3.8) is 0 Å². The first kappa shape index (κ1) is 22.6. The fourth-order valence-corrected chi connectivity index (χ4v) is 5.21. The standard InChI is InChI=1S/C24H34N8O2/c1-14(2)19-12-21(30-29-19)27-22-17-6-4-7-18(17)26-24(28-22)32-10-5-8-20(32)23(34)25-16-9-11-31(13-16)15(3)33/h12,14,16,20H,4-11,13H2,1-3H3,(H,25,34)(H2,26,27,28,29,30). The van der Waals surface area contributed by atoms with Crippen molar-refractivity contribution in [1.29, 1.82) is 0 Å². The first-order chi connectivity index (χ1) is 16.4. The Morgan fingerprint density at radius 1 is 1.15 bits per heavy atom. The largest absolute Gasteiger partial charge is 0.350 e. The van der Waals surface area contributed by atoms with Crippen LogP contribution in [-0.2, 0) is 22.4 Å². The van der Waals surface area contributed by atoms with E-state index in [1.54, 1.807) is 11.8 Å². The maximum absolute atomic E-state index is 13.2. The summed E-state index contributed by atoms with van der Waals surface area (Å²) >= 11 is 0. The van der Waals surface area contributed by atoms with Gasteiger partial charge in [0.1, 0.15) is 11.9 Å². The molecule has 0 aromatic carbocycles. The Labute approximate surface area is 199 Å². The quantitative estimate of drug-likeness (QED) is 0.597. The number of fused-ring (bicyclic) bond motifs is 1. The molecule has 10 heteroatoms. The lowest BCUT2D eigenvalue weighted by Gasteiger charge is -2.26. The summed E-state index contributed by atoms with van der Waals surface area (Å²) in [5.41, 5.74) is 3.28. The highest BCUT2D eigenvalue weighted by atomic mass is 16.2. The van der Waals surface area contributed by atoms with Crippen molar-refractivity contribution in [3.05, 3.63) is 23.0 Å². The Morgan fingerprint density at radius 2 is 2.00 bits per heavy atom. The molecule has 0 spiro atoms. The highest BCUT2D eigenvalue weighted by Crippen LogP contribution is 2.32. The zero-order valence-corrected chi connectivity index (χ0v) is 20.2. The third kappa shape index (κ3) is 4.45. The molecule has 182 valence electrons. The summed E-state index contributed by atoms with van der Waals surface area (Å²) in [4.78, 5) is 38.4. The van der Waals surface area contributed by atoms with Crippen LogP contribution >= 0.6 is 0 Å². The molecule has 2 saturated heterocycles. The van der Waals surface area contributed by atoms with E-state index in [1.807, 2.05) is 11.0 Å². The molecule has 2 atom stereocenters. The lowest BCUT2D eigenvalue weighted by atomic mass is 10.1. The van der Waals surface area contributed by atoms with E-state index in [9.17, 15) is 9.59 Å². The number of amides is 2. The fraction of sp³-hybridized carbons (Fsp3) is 0.625. The molecule has 2 aromatic heterocycles. The molecule has 2 aliphatic heterocycles. The molecule has 2 unspecified atom stereocenters. The summed E-state index contributed by atoms with van der Waals surface area (Å²) in [7, 11) is 0. The topological polar surface area (TPSA) is 119 Å². The van der Waals surface area contributed by atoms with Gasteiger partial charge in [0.25, 0.3) is 0 Å². The van der Waals surface area contributed by atoms with Crippen LogP contribution in [-0.4, -0.2) is 68.6 Å². The number of hydrogen-bond donors (Lipinski definition) is 3. The zero-order valence-electron chi connectivity index (χ0n) is 20.2. The summed E-state index contributed by atoms with van der Waals surface area (Å²) < 4.78 is 0. The fourth-order valence-electron chi connectivity index (χ4n) is 5.21. The van der Waals surface area contributed by atoms with Crippen LogP contribution in [0, 0.1) is 0 Å². The first-order valence-electron chi connectivity index (χ1n) is 12.4. The van der Waals surface area contributed by atoms with Gasteiger partial charge in [-0.15, -0.1) is 0 Å². The molecule has 2 aromatic rings. The molecule has 0 radical (unpaired) electrons. The van der Waals surface area contributed by atoms with Crippen molar-refractivity contribution >= 4 is 29.4 Å². The van der Waals surface area contributed by atoms with E-state index in [0.717, 1.165) is 73.7 Å². The predicted octanol–water partition coefficient (Wildman–Crippen LogP) is 2.26. The number of aromatic amines is 1. The number of rotatable bonds is 6. The zero-order chi connectivity index (χ0) is 23.8. The molecule has 10 nitrogen and oxygen atoms in total. The summed E-state index contributed by atoms with van der Waals surface area (Å²) in [5.74, 6) is 2.56. The Balaban J connectivity index is 1.34. The molecular formula is C24H34N8O2. The van der Waals surface area contributed by atoms with Gasteiger partial charge in [-0.2, -0.15) is 10.1 Å². The number of nitrogens with zero attached hydrogens (tertiary/aromatic N) is 5. The summed E-state index contributed by atoms with van der Waals surface area (Å²) in [6.45, 7) is 7.86. The van der Waals surface area contributed by atoms with Gasteiger partial charge in [0.2, 0.25) is 17.8 Å². The minimum absolute atomic E-state index is 0.000358. The minimum atomic E-state index is -0.295. The molecule has 3 N–H and O–H groups in total. The predicted molar refractivity (Wildman–Crippen MR) is 129 cm³/mol. The van der Waals surface area contributed by atoms with Crippen LogP contribution in [0.5, 0.6) is 0 Å². The molecule has 3 aliphatic rings. The smallest absolute Gasteiger partial charge is 0.243 e. The Morgan fingerprint density at radius 3 is 2.74 bits per heavy atom. The van der Waals surface area contributed by atoms with Crippen LogP contribution in [0.25, 0.3) is 0 Å². The van der Waals surface area contributed by atoms with E-state index >= 15 is 0 Å². The molecule has 0 saturated carbocycles. The second-order valence-electron chi connectivity index (χ2n) is 9.95. The summed E-state index contributed by atoms with van der Waals surface area (Å²) in [6.07, 6.45) is 5.41. The van der Waals surface area contributed by atoms with E-state index < -0.39 is 0 Å². The van der Waals surface area contributed by atoms with Gasteiger partial charge < -0.3 is 20.4 Å². The van der Waals surface area contributed by atoms with E-state index in [4.69, 9.17) is 9.97 Å². The average molecular weight is 467 g/mol. The molecule has 34 heavy (non-hydrogen) atoms. The highest BCUT2D eigenvalue weighted by Gasteiger charge is 2.36. The van der Waals surface area contributed by atoms with Crippen molar-refractivity contribution < 1.29 is 9.59 Å². The molecular weight excluding hydrogens is 432 g/mol. The van der Waals surface area contributed by atoms with Gasteiger partial charge in [-0.1, -0.05) is 13.8 Å². The molecule has 1 aliphatic carbocycles. The van der Waals surface area contributed by atoms with Crippen molar-refractivity contribution in [2.75, 3.05) is 29.9 Å². The number of anilines is 3. The second kappa shape index (κ2) is 9.23. The molecule has 2 amide bonds. The molecule has 2 fully saturated rings. The van der Waals surface area contributed by atoms with Crippen LogP contribution in [0.4, 0.5) is 17.6 Å². The van der Waals surface area contributed by atoms with Gasteiger partial charge in [-0.05, 0) is 44.4 Å². The molecule has 5 rings (SSSR count). The van der Waals surface area contributed by atoms with Crippen molar-refractivity contribution in [2.24, 2.45) is 0 Å². The third-order valence-corrected chi connectivity index (χ3v) is 7.18. The summed E-state index contributed by atoms with van der Waals surface area (Å²) in [5, 5.41) is 14.1. The second-order valence-corrected chi connectivity index (χ2v) is 9.95. The first-order valence-corrected chi connectivity index (χ1v) is 12.4. The molecule has 0 bridgehead atoms. The highest BCUT2D eigenvalue weighted by molar-refractivity contribution is 5.86. The van der Waals surface area contributed by atoms with Gasteiger partial charge in [-0.25, -0.2) is 4.98 Å². The van der Waals surface area contributed by atoms with Crippen LogP contribution < -0.4 is 15.5 Å². The van der Waals surface area contributed by atoms with Crippen molar-refractivity contribution in [1.82, 2.24) is 30.4 Å². The van der Waals surface area contributed by atoms with Gasteiger partial charge in [0.15, 0.2) is 5.82 Å². The molecule has 4 heterocycles. The number of likely N-dealkylation sites (tertiary alicyclic amines) is 1. The monoisotopic (exact) mass is 466 g/mol. The van der Waals surface area contributed by atoms with Gasteiger partial charge in [-0.3, -0.25) is 14.7 Å². The number of aromatic nitrogens is 4. The van der Waals surface area contributed by atoms with Gasteiger partial charge >= 0.3 is 0 Å². The van der Waals surface area contributed by atoms with Crippen molar-refractivity contribution in [3.8, 4) is 0 Å². The third-order valence-electron chi connectivity index (χ3n) is 7.18. The Kier molecular flexibility index (Phi) is 6.14. The van der Waals surface area contributed by atoms with Crippen molar-refractivity contribution in [2.45, 2.75) is 77.3 Å². The van der Waals surface area contributed by atoms with Crippen LogP contribution in [0.1, 0.15) is 69.3 Å². The Bertz CT molecular complexity index is 1080. The minimum Gasteiger partial charge on any atom is -0.350 e. The van der Waals surface area contributed by atoms with Crippen LogP contribution in [0.15, 0.2) is 6.07 Å². The number of aryl methyl sites for hydroxylation is 1. The number of carbonyl (C=O) groups excluding carboxylic acids is 2. The van der Waals surface area contributed by atoms with E-state index in [0.29, 0.717) is 25.0 Å². The normalized spacial score (nSPS) is 21.9. The number of hydrogen-bond acceptors (Lipinski definition) is 7. The lowest BCUT2D eigenvalue weighted by molar-refractivity contribution is -0.128. The van der Waals surface area contributed by atoms with Crippen LogP contribution in [0.3, 0.4) is 0 Å². The van der Waals surface area contributed by atoms with Crippen LogP contribution in [0.2, 0.25) is 0 Å². The number of nitrogens with one attached hydrogen (secondary N) is 3. The SMILES string of the molecule is CC(=O)N1CCC(NC(=O)C2CCCN2c2nc3c(c(Nc4cc(C(C)C)[nH]n4)n2)CCC3)C1. The number of H-pyrrole nitrogens is 1. The van der Waals surface area contributed by atoms with Gasteiger partial charge in [0, 0.05) is 49.9 Å². The number of carbonyl (C=O) groups is 2. The van der Waals surface area contributed by atoms with E-state index in [2.05, 4.69) is 34.7 Å². The summed E-state index contributed by atoms with van der Waals surface area (Å²) in [6, 6.07) is 1.73.